The molecule has 258 valence electrons. The quantitative estimate of drug-likeness (QED) is 0.252. The maximum Gasteiger partial charge on any atom is 0.328 e. The van der Waals surface area contributed by atoms with Crippen LogP contribution in [0.4, 0.5) is 16.2 Å². The van der Waals surface area contributed by atoms with E-state index < -0.39 is 0 Å². The number of carbonyl (C=O) groups is 2. The van der Waals surface area contributed by atoms with E-state index in [2.05, 4.69) is 80.7 Å². The van der Waals surface area contributed by atoms with Gasteiger partial charge in [0.15, 0.2) is 0 Å². The number of urea groups is 1. The van der Waals surface area contributed by atoms with Gasteiger partial charge >= 0.3 is 6.03 Å². The van der Waals surface area contributed by atoms with Gasteiger partial charge in [-0.3, -0.25) is 24.8 Å². The summed E-state index contributed by atoms with van der Waals surface area (Å²) < 4.78 is 6.17. The average Bonchev–Trinajstić information content (AvgIpc) is 3.15. The molecule has 3 saturated heterocycles. The van der Waals surface area contributed by atoms with Crippen molar-refractivity contribution < 1.29 is 19.4 Å². The minimum absolute atomic E-state index is 0.142. The van der Waals surface area contributed by atoms with Gasteiger partial charge in [0.25, 0.3) is 0 Å². The zero-order valence-electron chi connectivity index (χ0n) is 28.4. The van der Waals surface area contributed by atoms with Crippen LogP contribution in [0.1, 0.15) is 53.4 Å². The van der Waals surface area contributed by atoms with Crippen LogP contribution in [0.2, 0.25) is 0 Å². The maximum atomic E-state index is 12.5. The maximum absolute atomic E-state index is 12.5. The number of ether oxygens (including phenoxy) is 1. The van der Waals surface area contributed by atoms with Gasteiger partial charge < -0.3 is 14.7 Å². The Balaban J connectivity index is 0.873. The fourth-order valence-corrected chi connectivity index (χ4v) is 8.41. The molecule has 2 N–H and O–H groups in total. The molecular weight excluding hydrogens is 626 g/mol. The molecule has 0 spiro atoms. The molecule has 2 unspecified atom stereocenters. The monoisotopic (exact) mass is 671 g/mol. The van der Waals surface area contributed by atoms with Crippen molar-refractivity contribution in [2.24, 2.45) is 0 Å². The highest BCUT2D eigenvalue weighted by molar-refractivity contribution is 6.05. The van der Waals surface area contributed by atoms with Crippen LogP contribution in [0.25, 0.3) is 0 Å². The topological polar surface area (TPSA) is 88.6 Å². The number of benzene rings is 4. The van der Waals surface area contributed by atoms with Crippen molar-refractivity contribution in [1.29, 1.82) is 0 Å². The minimum atomic E-state index is -0.329. The summed E-state index contributed by atoms with van der Waals surface area (Å²) in [5.41, 5.74) is 6.94. The Bertz CT molecular complexity index is 1820. The summed E-state index contributed by atoms with van der Waals surface area (Å²) in [6.45, 7) is 7.98. The van der Waals surface area contributed by atoms with Gasteiger partial charge in [-0.25, -0.2) is 4.79 Å². The van der Waals surface area contributed by atoms with E-state index in [1.807, 2.05) is 24.3 Å². The van der Waals surface area contributed by atoms with Crippen LogP contribution in [0.5, 0.6) is 11.5 Å². The molecule has 4 aliphatic heterocycles. The third-order valence-corrected chi connectivity index (χ3v) is 11.1. The number of imide groups is 1. The smallest absolute Gasteiger partial charge is 0.328 e. The molecule has 0 aromatic heterocycles. The normalized spacial score (nSPS) is 22.2. The zero-order chi connectivity index (χ0) is 34.0. The van der Waals surface area contributed by atoms with Gasteiger partial charge in [-0.15, -0.1) is 0 Å². The van der Waals surface area contributed by atoms with E-state index in [0.29, 0.717) is 25.6 Å². The van der Waals surface area contributed by atoms with Crippen molar-refractivity contribution in [3.63, 3.8) is 0 Å². The van der Waals surface area contributed by atoms with Crippen molar-refractivity contribution in [3.05, 3.63) is 119 Å². The Morgan fingerprint density at radius 3 is 2.26 bits per heavy atom. The van der Waals surface area contributed by atoms with Crippen LogP contribution >= 0.6 is 0 Å². The number of piperazine rings is 1. The number of amides is 3. The van der Waals surface area contributed by atoms with E-state index in [0.717, 1.165) is 81.2 Å². The Kier molecular flexibility index (Phi) is 9.17. The Morgan fingerprint density at radius 1 is 0.760 bits per heavy atom. The van der Waals surface area contributed by atoms with Crippen molar-refractivity contribution in [2.45, 2.75) is 43.7 Å². The fourth-order valence-electron chi connectivity index (χ4n) is 8.41. The number of hydrogen-bond donors (Lipinski definition) is 2. The van der Waals surface area contributed by atoms with E-state index in [1.165, 1.54) is 16.8 Å². The number of fused-ring (bicyclic) bond motifs is 1. The highest BCUT2D eigenvalue weighted by Gasteiger charge is 2.34. The molecule has 9 heteroatoms. The number of rotatable bonds is 7. The Labute approximate surface area is 294 Å². The standard InChI is InChI=1S/C41H45N5O4/c47-34-14-15-35-38(26-34)50-28-36(29-6-2-1-3-7-29)40(35)30-10-12-32(13-11-30)44-19-16-33(17-20-44)45-24-22-43(23-25-45)27-31-8-4-5-9-37(31)46-21-18-39(48)42-41(46)49/h1-15,26,33,36,40,47H,16-25,27-28H2,(H,42,48,49). The predicted molar refractivity (Wildman–Crippen MR) is 195 cm³/mol. The molecule has 2 atom stereocenters. The first-order valence-corrected chi connectivity index (χ1v) is 18.0. The van der Waals surface area contributed by atoms with Crippen LogP contribution in [-0.2, 0) is 11.3 Å². The van der Waals surface area contributed by atoms with Gasteiger partial charge in [0.05, 0.1) is 6.61 Å². The van der Waals surface area contributed by atoms with Crippen LogP contribution < -0.4 is 19.9 Å². The molecule has 4 aromatic rings. The van der Waals surface area contributed by atoms with Crippen molar-refractivity contribution in [2.75, 3.05) is 62.2 Å². The number of aromatic hydroxyl groups is 1. The third-order valence-electron chi connectivity index (χ3n) is 11.1. The molecule has 3 amide bonds. The summed E-state index contributed by atoms with van der Waals surface area (Å²) in [5.74, 6) is 1.12. The van der Waals surface area contributed by atoms with Crippen LogP contribution in [-0.4, -0.2) is 85.3 Å². The van der Waals surface area contributed by atoms with Gasteiger partial charge in [0.2, 0.25) is 5.91 Å². The van der Waals surface area contributed by atoms with Crippen molar-refractivity contribution in [3.8, 4) is 11.5 Å². The van der Waals surface area contributed by atoms with Crippen molar-refractivity contribution >= 4 is 23.3 Å². The van der Waals surface area contributed by atoms with E-state index in [9.17, 15) is 14.7 Å². The molecule has 4 aromatic carbocycles. The molecule has 4 heterocycles. The highest BCUT2D eigenvalue weighted by atomic mass is 16.5. The van der Waals surface area contributed by atoms with Gasteiger partial charge in [-0.05, 0) is 53.8 Å². The molecule has 0 radical (unpaired) electrons. The fraction of sp³-hybridized carbons (Fsp3) is 0.366. The lowest BCUT2D eigenvalue weighted by molar-refractivity contribution is -0.120. The van der Waals surface area contributed by atoms with Gasteiger partial charge in [0, 0.05) is 99.7 Å². The summed E-state index contributed by atoms with van der Waals surface area (Å²) in [6.07, 6.45) is 2.64. The van der Waals surface area contributed by atoms with Gasteiger partial charge in [0.1, 0.15) is 11.5 Å². The van der Waals surface area contributed by atoms with Gasteiger partial charge in [-0.2, -0.15) is 0 Å². The van der Waals surface area contributed by atoms with E-state index in [4.69, 9.17) is 4.74 Å². The number of phenols is 1. The summed E-state index contributed by atoms with van der Waals surface area (Å²) >= 11 is 0. The number of anilines is 2. The van der Waals surface area contributed by atoms with Crippen LogP contribution in [0, 0.1) is 0 Å². The average molecular weight is 672 g/mol. The highest BCUT2D eigenvalue weighted by Crippen LogP contribution is 2.47. The second-order valence-electron chi connectivity index (χ2n) is 14.0. The zero-order valence-corrected chi connectivity index (χ0v) is 28.4. The van der Waals surface area contributed by atoms with Gasteiger partial charge in [-0.1, -0.05) is 66.7 Å². The van der Waals surface area contributed by atoms with E-state index >= 15 is 0 Å². The molecular formula is C41H45N5O4. The summed E-state index contributed by atoms with van der Waals surface area (Å²) in [5, 5.41) is 12.6. The molecule has 0 aliphatic carbocycles. The lowest BCUT2D eigenvalue weighted by atomic mass is 9.76. The molecule has 0 bridgehead atoms. The number of phenolic OH excluding ortho intramolecular Hbond substituents is 1. The number of piperidine rings is 1. The molecule has 50 heavy (non-hydrogen) atoms. The van der Waals surface area contributed by atoms with Crippen LogP contribution in [0.15, 0.2) is 97.1 Å². The summed E-state index contributed by atoms with van der Waals surface area (Å²) in [4.78, 5) is 33.6. The van der Waals surface area contributed by atoms with E-state index in [1.54, 1.807) is 17.0 Å². The largest absolute Gasteiger partial charge is 0.508 e. The number of nitrogens with one attached hydrogen (secondary N) is 1. The first-order chi connectivity index (χ1) is 24.5. The number of hydrogen-bond acceptors (Lipinski definition) is 7. The third kappa shape index (κ3) is 6.67. The lowest BCUT2D eigenvalue weighted by Crippen LogP contribution is -2.53. The minimum Gasteiger partial charge on any atom is -0.508 e. The second kappa shape index (κ2) is 14.2. The van der Waals surface area contributed by atoms with Crippen LogP contribution in [0.3, 0.4) is 0 Å². The Morgan fingerprint density at radius 2 is 1.50 bits per heavy atom. The second-order valence-corrected chi connectivity index (χ2v) is 14.0. The molecule has 8 rings (SSSR count). The SMILES string of the molecule is O=C1CCN(c2ccccc2CN2CCN(C3CCN(c4ccc(C5c6ccc(O)cc6OCC5c5ccccc5)cc4)CC3)CC2)C(=O)N1. The number of nitrogens with zero attached hydrogens (tertiary/aromatic N) is 4. The first kappa shape index (κ1) is 32.4. The molecule has 4 aliphatic rings. The molecule has 9 nitrogen and oxygen atoms in total. The molecule has 0 saturated carbocycles. The Hall–Kier alpha value is -4.86. The number of carbonyl (C=O) groups excluding carboxylic acids is 2. The lowest BCUT2D eigenvalue weighted by Gasteiger charge is -2.43. The number of para-hydroxylation sites is 1. The van der Waals surface area contributed by atoms with Crippen molar-refractivity contribution in [1.82, 2.24) is 15.1 Å². The molecule has 3 fully saturated rings. The van der Waals surface area contributed by atoms with E-state index in [-0.39, 0.29) is 29.5 Å². The summed E-state index contributed by atoms with van der Waals surface area (Å²) in [6, 6.07) is 33.6. The summed E-state index contributed by atoms with van der Waals surface area (Å²) in [7, 11) is 0. The first-order valence-electron chi connectivity index (χ1n) is 18.0. The predicted octanol–water partition coefficient (Wildman–Crippen LogP) is 5.93.